The van der Waals surface area contributed by atoms with Gasteiger partial charge in [-0.05, 0) is 25.5 Å². The Bertz CT molecular complexity index is 613. The number of carbonyl (C=O) groups excluding carboxylic acids is 1. The predicted octanol–water partition coefficient (Wildman–Crippen LogP) is 2.02. The first kappa shape index (κ1) is 12.9. The Hall–Kier alpha value is -2.50. The van der Waals surface area contributed by atoms with Crippen LogP contribution in [0.4, 0.5) is 11.5 Å². The second-order valence-corrected chi connectivity index (χ2v) is 4.05. The molecule has 6 nitrogen and oxygen atoms in total. The summed E-state index contributed by atoms with van der Waals surface area (Å²) in [6.45, 7) is 3.69. The Kier molecular flexibility index (Phi) is 3.70. The summed E-state index contributed by atoms with van der Waals surface area (Å²) in [5.74, 6) is 0.491. The minimum Gasteiger partial charge on any atom is -0.465 e. The number of ether oxygens (including phenoxy) is 1. The number of hydrogen-bond donors (Lipinski definition) is 1. The van der Waals surface area contributed by atoms with E-state index in [0.29, 0.717) is 11.6 Å². The smallest absolute Gasteiger partial charge is 0.343 e. The third-order valence-electron chi connectivity index (χ3n) is 2.45. The summed E-state index contributed by atoms with van der Waals surface area (Å²) in [4.78, 5) is 23.9. The van der Waals surface area contributed by atoms with Crippen LogP contribution in [0.15, 0.2) is 24.7 Å². The Morgan fingerprint density at radius 3 is 2.74 bits per heavy atom. The molecule has 0 aromatic carbocycles. The maximum absolute atomic E-state index is 11.6. The maximum atomic E-state index is 11.6. The molecule has 1 N–H and O–H groups in total. The molecule has 2 rings (SSSR count). The van der Waals surface area contributed by atoms with E-state index < -0.39 is 5.97 Å². The highest BCUT2D eigenvalue weighted by Gasteiger charge is 2.14. The Labute approximate surface area is 110 Å². The molecular formula is C13H14N4O2. The van der Waals surface area contributed by atoms with E-state index >= 15 is 0 Å². The van der Waals surface area contributed by atoms with Crippen LogP contribution in [0.25, 0.3) is 0 Å². The van der Waals surface area contributed by atoms with Gasteiger partial charge in [-0.15, -0.1) is 0 Å². The van der Waals surface area contributed by atoms with Gasteiger partial charge in [0.2, 0.25) is 0 Å². The van der Waals surface area contributed by atoms with Gasteiger partial charge in [0.05, 0.1) is 19.0 Å². The molecule has 0 saturated carbocycles. The molecule has 19 heavy (non-hydrogen) atoms. The number of methoxy groups -OCH3 is 1. The maximum Gasteiger partial charge on any atom is 0.343 e. The molecule has 0 fully saturated rings. The zero-order valence-corrected chi connectivity index (χ0v) is 11.0. The average molecular weight is 258 g/mol. The molecule has 0 saturated heterocycles. The Balaban J connectivity index is 2.38. The Morgan fingerprint density at radius 1 is 1.26 bits per heavy atom. The van der Waals surface area contributed by atoms with Crippen LogP contribution in [0.5, 0.6) is 0 Å². The number of nitrogens with zero attached hydrogens (tertiary/aromatic N) is 3. The number of carbonyl (C=O) groups is 1. The van der Waals surface area contributed by atoms with E-state index in [-0.39, 0.29) is 5.56 Å². The van der Waals surface area contributed by atoms with Crippen molar-refractivity contribution in [1.29, 1.82) is 0 Å². The van der Waals surface area contributed by atoms with Gasteiger partial charge in [-0.25, -0.2) is 14.8 Å². The van der Waals surface area contributed by atoms with Gasteiger partial charge in [-0.2, -0.15) is 0 Å². The quantitative estimate of drug-likeness (QED) is 0.849. The first-order valence-corrected chi connectivity index (χ1v) is 5.71. The van der Waals surface area contributed by atoms with E-state index in [0.717, 1.165) is 11.3 Å². The van der Waals surface area contributed by atoms with Crippen LogP contribution in [0.1, 0.15) is 21.7 Å². The number of aryl methyl sites for hydroxylation is 2. The van der Waals surface area contributed by atoms with Crippen LogP contribution < -0.4 is 5.32 Å². The van der Waals surface area contributed by atoms with E-state index in [4.69, 9.17) is 4.74 Å². The second-order valence-electron chi connectivity index (χ2n) is 4.05. The van der Waals surface area contributed by atoms with Gasteiger partial charge in [0.15, 0.2) is 0 Å². The molecule has 2 aromatic rings. The summed E-state index contributed by atoms with van der Waals surface area (Å²) < 4.78 is 4.70. The number of rotatable bonds is 3. The molecule has 0 unspecified atom stereocenters. The van der Waals surface area contributed by atoms with E-state index in [1.165, 1.54) is 13.3 Å². The highest BCUT2D eigenvalue weighted by molar-refractivity contribution is 5.94. The molecule has 0 bridgehead atoms. The molecule has 0 amide bonds. The van der Waals surface area contributed by atoms with E-state index in [1.807, 2.05) is 13.0 Å². The second kappa shape index (κ2) is 5.43. The van der Waals surface area contributed by atoms with Crippen LogP contribution in [0.2, 0.25) is 0 Å². The molecule has 0 spiro atoms. The molecule has 2 heterocycles. The van der Waals surface area contributed by atoms with Crippen molar-refractivity contribution >= 4 is 17.5 Å². The highest BCUT2D eigenvalue weighted by Crippen LogP contribution is 2.19. The number of nitrogens with one attached hydrogen (secondary N) is 1. The molecule has 98 valence electrons. The summed E-state index contributed by atoms with van der Waals surface area (Å²) in [7, 11) is 1.32. The van der Waals surface area contributed by atoms with Crippen molar-refractivity contribution in [2.75, 3.05) is 12.4 Å². The summed E-state index contributed by atoms with van der Waals surface area (Å²) in [5.41, 5.74) is 2.05. The van der Waals surface area contributed by atoms with Gasteiger partial charge in [0.1, 0.15) is 17.2 Å². The van der Waals surface area contributed by atoms with Crippen LogP contribution in [0, 0.1) is 13.8 Å². The summed E-state index contributed by atoms with van der Waals surface area (Å²) in [6, 6.07) is 1.91. The monoisotopic (exact) mass is 258 g/mol. The topological polar surface area (TPSA) is 77.0 Å². The van der Waals surface area contributed by atoms with Crippen molar-refractivity contribution < 1.29 is 9.53 Å². The molecule has 6 heteroatoms. The van der Waals surface area contributed by atoms with Crippen molar-refractivity contribution in [2.45, 2.75) is 13.8 Å². The number of hydrogen-bond acceptors (Lipinski definition) is 6. The lowest BCUT2D eigenvalue weighted by atomic mass is 10.2. The van der Waals surface area contributed by atoms with Crippen molar-refractivity contribution in [3.05, 3.63) is 41.6 Å². The van der Waals surface area contributed by atoms with Crippen LogP contribution in [-0.2, 0) is 4.74 Å². The van der Waals surface area contributed by atoms with E-state index in [1.54, 1.807) is 19.3 Å². The van der Waals surface area contributed by atoms with Crippen molar-refractivity contribution in [1.82, 2.24) is 15.0 Å². The van der Waals surface area contributed by atoms with Gasteiger partial charge >= 0.3 is 5.97 Å². The molecule has 2 aromatic heterocycles. The molecule has 0 aliphatic carbocycles. The molecule has 0 atom stereocenters. The lowest BCUT2D eigenvalue weighted by Gasteiger charge is -2.10. The van der Waals surface area contributed by atoms with Gasteiger partial charge < -0.3 is 10.1 Å². The minimum atomic E-state index is -0.483. The van der Waals surface area contributed by atoms with Gasteiger partial charge in [0, 0.05) is 12.4 Å². The normalized spacial score (nSPS) is 10.1. The highest BCUT2D eigenvalue weighted by atomic mass is 16.5. The van der Waals surface area contributed by atoms with E-state index in [2.05, 4.69) is 20.3 Å². The number of anilines is 2. The largest absolute Gasteiger partial charge is 0.465 e. The molecule has 0 aliphatic rings. The van der Waals surface area contributed by atoms with Gasteiger partial charge in [-0.3, -0.25) is 4.98 Å². The fourth-order valence-electron chi connectivity index (χ4n) is 1.58. The number of esters is 1. The molecule has 0 radical (unpaired) electrons. The first-order chi connectivity index (χ1) is 9.10. The van der Waals surface area contributed by atoms with E-state index in [9.17, 15) is 4.79 Å². The lowest BCUT2D eigenvalue weighted by Crippen LogP contribution is -2.09. The van der Waals surface area contributed by atoms with Crippen LogP contribution >= 0.6 is 0 Å². The third kappa shape index (κ3) is 3.04. The van der Waals surface area contributed by atoms with Gasteiger partial charge in [-0.1, -0.05) is 0 Å². The zero-order chi connectivity index (χ0) is 13.8. The van der Waals surface area contributed by atoms with Gasteiger partial charge in [0.25, 0.3) is 0 Å². The molecule has 0 aliphatic heterocycles. The zero-order valence-electron chi connectivity index (χ0n) is 11.0. The fourth-order valence-corrected chi connectivity index (χ4v) is 1.58. The van der Waals surface area contributed by atoms with Crippen molar-refractivity contribution in [2.24, 2.45) is 0 Å². The van der Waals surface area contributed by atoms with Crippen molar-refractivity contribution in [3.8, 4) is 0 Å². The Morgan fingerprint density at radius 2 is 2.05 bits per heavy atom. The summed E-state index contributed by atoms with van der Waals surface area (Å²) >= 11 is 0. The minimum absolute atomic E-state index is 0.287. The molecular weight excluding hydrogens is 244 g/mol. The third-order valence-corrected chi connectivity index (χ3v) is 2.45. The predicted molar refractivity (Wildman–Crippen MR) is 70.4 cm³/mol. The SMILES string of the molecule is COC(=O)c1cnc(C)nc1Nc1cncc(C)c1. The van der Waals surface area contributed by atoms with Crippen LogP contribution in [-0.4, -0.2) is 28.0 Å². The fraction of sp³-hybridized carbons (Fsp3) is 0.231. The number of aromatic nitrogens is 3. The average Bonchev–Trinajstić information content (AvgIpc) is 2.38. The van der Waals surface area contributed by atoms with Crippen LogP contribution in [0.3, 0.4) is 0 Å². The lowest BCUT2D eigenvalue weighted by molar-refractivity contribution is 0.0601. The first-order valence-electron chi connectivity index (χ1n) is 5.71. The number of pyridine rings is 1. The van der Waals surface area contributed by atoms with Crippen molar-refractivity contribution in [3.63, 3.8) is 0 Å². The standard InChI is InChI=1S/C13H14N4O2/c1-8-4-10(6-14-5-8)17-12-11(13(18)19-3)7-15-9(2)16-12/h4-7H,1-3H3,(H,15,16,17). The summed E-state index contributed by atoms with van der Waals surface area (Å²) in [5, 5.41) is 3.05. The summed E-state index contributed by atoms with van der Waals surface area (Å²) in [6.07, 6.45) is 4.85.